The number of carboxylic acids is 1. The molecule has 1 aliphatic carbocycles. The third kappa shape index (κ3) is 10.8. The molecular formula is C37H40F3N5O7. The summed E-state index contributed by atoms with van der Waals surface area (Å²) in [5, 5.41) is 19.1. The number of fused-ring (bicyclic) bond motifs is 1. The second-order valence-electron chi connectivity index (χ2n) is 12.8. The molecule has 1 saturated carbocycles. The lowest BCUT2D eigenvalue weighted by atomic mass is 9.93. The van der Waals surface area contributed by atoms with Crippen molar-refractivity contribution in [1.82, 2.24) is 15.5 Å². The van der Waals surface area contributed by atoms with Crippen LogP contribution in [0.5, 0.6) is 5.75 Å². The van der Waals surface area contributed by atoms with Crippen molar-refractivity contribution in [2.75, 3.05) is 36.9 Å². The summed E-state index contributed by atoms with van der Waals surface area (Å²) in [6, 6.07) is 19.4. The van der Waals surface area contributed by atoms with Crippen molar-refractivity contribution in [3.05, 3.63) is 89.0 Å². The third-order valence-electron chi connectivity index (χ3n) is 8.86. The van der Waals surface area contributed by atoms with E-state index in [1.54, 1.807) is 54.6 Å². The Bertz CT molecular complexity index is 1760. The van der Waals surface area contributed by atoms with Gasteiger partial charge in [0.25, 0.3) is 23.6 Å². The molecule has 6 rings (SSSR count). The second kappa shape index (κ2) is 17.2. The first-order valence-electron chi connectivity index (χ1n) is 17.0. The van der Waals surface area contributed by atoms with Crippen LogP contribution in [0.4, 0.5) is 24.5 Å². The Morgan fingerprint density at radius 1 is 0.865 bits per heavy atom. The highest BCUT2D eigenvalue weighted by atomic mass is 19.4. The number of alkyl halides is 3. The van der Waals surface area contributed by atoms with E-state index in [-0.39, 0.29) is 36.3 Å². The van der Waals surface area contributed by atoms with E-state index in [0.29, 0.717) is 46.9 Å². The Morgan fingerprint density at radius 3 is 2.12 bits per heavy atom. The van der Waals surface area contributed by atoms with Gasteiger partial charge in [-0.25, -0.2) is 4.79 Å². The number of ether oxygens (including phenoxy) is 1. The number of benzene rings is 3. The molecule has 5 N–H and O–H groups in total. The smallest absolute Gasteiger partial charge is 0.482 e. The van der Waals surface area contributed by atoms with Gasteiger partial charge in [-0.05, 0) is 118 Å². The van der Waals surface area contributed by atoms with Gasteiger partial charge >= 0.3 is 12.1 Å². The summed E-state index contributed by atoms with van der Waals surface area (Å²) < 4.78 is 37.2. The Balaban J connectivity index is 0.000000679. The van der Waals surface area contributed by atoms with Crippen LogP contribution in [-0.4, -0.2) is 78.1 Å². The lowest BCUT2D eigenvalue weighted by molar-refractivity contribution is -0.192. The molecule has 276 valence electrons. The Kier molecular flexibility index (Phi) is 12.5. The maximum atomic E-state index is 13.4. The van der Waals surface area contributed by atoms with Gasteiger partial charge in [-0.15, -0.1) is 0 Å². The van der Waals surface area contributed by atoms with Gasteiger partial charge in [-0.1, -0.05) is 12.1 Å². The topological polar surface area (TPSA) is 166 Å². The molecule has 3 aromatic carbocycles. The zero-order valence-corrected chi connectivity index (χ0v) is 28.3. The van der Waals surface area contributed by atoms with Gasteiger partial charge in [0, 0.05) is 41.5 Å². The molecule has 0 radical (unpaired) electrons. The van der Waals surface area contributed by atoms with Crippen molar-refractivity contribution >= 4 is 41.0 Å². The molecule has 2 aliphatic heterocycles. The van der Waals surface area contributed by atoms with Crippen molar-refractivity contribution in [3.63, 3.8) is 0 Å². The number of aliphatic carboxylic acids is 1. The van der Waals surface area contributed by atoms with E-state index in [1.165, 1.54) is 12.8 Å². The van der Waals surface area contributed by atoms with Crippen LogP contribution in [0.2, 0.25) is 0 Å². The van der Waals surface area contributed by atoms with E-state index >= 15 is 0 Å². The first-order chi connectivity index (χ1) is 24.9. The molecule has 1 saturated heterocycles. The van der Waals surface area contributed by atoms with E-state index in [2.05, 4.69) is 21.3 Å². The van der Waals surface area contributed by atoms with E-state index in [4.69, 9.17) is 14.6 Å². The number of halogens is 3. The number of carbonyl (C=O) groups is 5. The van der Waals surface area contributed by atoms with Crippen molar-refractivity contribution in [2.24, 2.45) is 5.92 Å². The molecule has 2 fully saturated rings. The van der Waals surface area contributed by atoms with Gasteiger partial charge in [-0.2, -0.15) is 13.2 Å². The molecule has 12 nitrogen and oxygen atoms in total. The van der Waals surface area contributed by atoms with Crippen molar-refractivity contribution in [2.45, 2.75) is 57.3 Å². The van der Waals surface area contributed by atoms with Crippen LogP contribution in [0.3, 0.4) is 0 Å². The first kappa shape index (κ1) is 37.8. The summed E-state index contributed by atoms with van der Waals surface area (Å²) in [5.74, 6) is -2.20. The Labute approximate surface area is 298 Å². The average molecular weight is 724 g/mol. The van der Waals surface area contributed by atoms with E-state index in [9.17, 15) is 32.3 Å². The molecule has 3 aromatic rings. The molecule has 3 aliphatic rings. The summed E-state index contributed by atoms with van der Waals surface area (Å²) in [5.41, 5.74) is 3.63. The lowest BCUT2D eigenvalue weighted by Crippen LogP contribution is -2.33. The number of nitrogens with one attached hydrogen (secondary N) is 4. The zero-order valence-electron chi connectivity index (χ0n) is 28.3. The number of anilines is 2. The lowest BCUT2D eigenvalue weighted by Gasteiger charge is -2.24. The first-order valence-corrected chi connectivity index (χ1v) is 17.0. The van der Waals surface area contributed by atoms with E-state index < -0.39 is 12.1 Å². The number of hydrogen-bond donors (Lipinski definition) is 5. The highest BCUT2D eigenvalue weighted by Gasteiger charge is 2.38. The maximum absolute atomic E-state index is 13.4. The molecule has 2 heterocycles. The zero-order chi connectivity index (χ0) is 37.3. The van der Waals surface area contributed by atoms with Crippen molar-refractivity contribution in [1.29, 1.82) is 0 Å². The molecule has 0 atom stereocenters. The molecule has 0 spiro atoms. The number of nitrogens with zero attached hydrogens (tertiary/aromatic N) is 1. The fraction of sp³-hybridized carbons (Fsp3) is 0.378. The van der Waals surface area contributed by atoms with Crippen molar-refractivity contribution in [3.8, 4) is 5.75 Å². The molecule has 15 heteroatoms. The number of hydrogen-bond acceptors (Lipinski definition) is 7. The highest BCUT2D eigenvalue weighted by molar-refractivity contribution is 6.04. The molecule has 0 aromatic heterocycles. The number of carbonyl (C=O) groups excluding carboxylic acids is 4. The number of amides is 4. The van der Waals surface area contributed by atoms with Crippen LogP contribution in [0.15, 0.2) is 66.7 Å². The van der Waals surface area contributed by atoms with Crippen molar-refractivity contribution < 1.29 is 47.0 Å². The second-order valence-corrected chi connectivity index (χ2v) is 12.8. The minimum Gasteiger partial charge on any atom is -0.482 e. The van der Waals surface area contributed by atoms with E-state index in [1.807, 2.05) is 17.0 Å². The monoisotopic (exact) mass is 723 g/mol. The quantitative estimate of drug-likeness (QED) is 0.168. The highest BCUT2D eigenvalue weighted by Crippen LogP contribution is 2.33. The summed E-state index contributed by atoms with van der Waals surface area (Å²) >= 11 is 0. The van der Waals surface area contributed by atoms with Gasteiger partial charge in [0.2, 0.25) is 0 Å². The summed E-state index contributed by atoms with van der Waals surface area (Å²) in [6.45, 7) is 3.18. The average Bonchev–Trinajstić information content (AvgIpc) is 3.98. The SMILES string of the molecule is O=C(O)C(F)(F)F.O=C1COc2cc(C(=O)N(Cc3ccc(C(=O)Nc4ccc(C(=O)NCCCC5CCNCC5)cc4)cc3)C3CC3)ccc2N1. The van der Waals surface area contributed by atoms with E-state index in [0.717, 1.165) is 50.3 Å². The number of carboxylic acid groups (broad SMARTS) is 1. The maximum Gasteiger partial charge on any atom is 0.490 e. The van der Waals surface area contributed by atoms with Crippen LogP contribution in [0.25, 0.3) is 0 Å². The molecule has 0 unspecified atom stereocenters. The van der Waals surface area contributed by atoms with Crippen LogP contribution in [-0.2, 0) is 16.1 Å². The minimum atomic E-state index is -5.08. The largest absolute Gasteiger partial charge is 0.490 e. The third-order valence-corrected chi connectivity index (χ3v) is 8.86. The minimum absolute atomic E-state index is 0.0711. The summed E-state index contributed by atoms with van der Waals surface area (Å²) in [4.78, 5) is 61.2. The predicted octanol–water partition coefficient (Wildman–Crippen LogP) is 5.22. The van der Waals surface area contributed by atoms with Crippen LogP contribution >= 0.6 is 0 Å². The number of rotatable bonds is 11. The fourth-order valence-electron chi connectivity index (χ4n) is 5.86. The van der Waals surface area contributed by atoms with Gasteiger partial charge in [0.15, 0.2) is 6.61 Å². The van der Waals surface area contributed by atoms with Crippen LogP contribution < -0.4 is 26.0 Å². The van der Waals surface area contributed by atoms with Crippen LogP contribution in [0.1, 0.15) is 75.2 Å². The molecule has 0 bridgehead atoms. The fourth-order valence-corrected chi connectivity index (χ4v) is 5.86. The van der Waals surface area contributed by atoms with Crippen LogP contribution in [0, 0.1) is 5.92 Å². The Morgan fingerprint density at radius 2 is 1.48 bits per heavy atom. The van der Waals surface area contributed by atoms with Gasteiger partial charge in [-0.3, -0.25) is 19.2 Å². The standard InChI is InChI=1S/C35H39N5O5.C2HF3O2/c41-32-22-45-31-20-27(9-14-30(31)39-32)35(44)40(29-12-13-29)21-24-3-5-26(6-4-24)34(43)38-28-10-7-25(8-11-28)33(42)37-17-1-2-23-15-18-36-19-16-23;3-2(4,5)1(6)7/h3-11,14,20,23,29,36H,1-2,12-13,15-19,21-22H2,(H,37,42)(H,38,43)(H,39,41);(H,6,7). The van der Waals surface area contributed by atoms with Gasteiger partial charge in [0.05, 0.1) is 5.69 Å². The van der Waals surface area contributed by atoms with Gasteiger partial charge < -0.3 is 36.0 Å². The Hall–Kier alpha value is -5.44. The molecule has 52 heavy (non-hydrogen) atoms. The van der Waals surface area contributed by atoms with Gasteiger partial charge in [0.1, 0.15) is 5.75 Å². The summed E-state index contributed by atoms with van der Waals surface area (Å²) in [7, 11) is 0. The molecular weight excluding hydrogens is 683 g/mol. The molecule has 4 amide bonds. The summed E-state index contributed by atoms with van der Waals surface area (Å²) in [6.07, 6.45) is 1.35. The predicted molar refractivity (Wildman–Crippen MR) is 185 cm³/mol. The number of piperidine rings is 1. The normalized spacial score (nSPS) is 15.5.